The van der Waals surface area contributed by atoms with Crippen molar-refractivity contribution in [1.82, 2.24) is 9.55 Å². The quantitative estimate of drug-likeness (QED) is 0.394. The largest absolute Gasteiger partial charge is 1.00 e. The molecule has 6 rings (SSSR count). The summed E-state index contributed by atoms with van der Waals surface area (Å²) in [5.41, 5.74) is 5.86. The van der Waals surface area contributed by atoms with Crippen molar-refractivity contribution in [1.29, 1.82) is 0 Å². The van der Waals surface area contributed by atoms with E-state index in [9.17, 15) is 4.39 Å². The molecule has 0 amide bonds. The first-order valence-electron chi connectivity index (χ1n) is 9.67. The summed E-state index contributed by atoms with van der Waals surface area (Å²) >= 11 is 6.64. The van der Waals surface area contributed by atoms with Crippen LogP contribution in [0.3, 0.4) is 0 Å². The predicted molar refractivity (Wildman–Crippen MR) is 119 cm³/mol. The Morgan fingerprint density at radius 2 is 1.58 bits per heavy atom. The van der Waals surface area contributed by atoms with E-state index in [-0.39, 0.29) is 18.2 Å². The molecule has 1 N–H and O–H groups in total. The van der Waals surface area contributed by atoms with Gasteiger partial charge >= 0.3 is 0 Å². The van der Waals surface area contributed by atoms with Gasteiger partial charge in [-0.25, -0.2) is 4.39 Å². The zero-order valence-electron chi connectivity index (χ0n) is 16.2. The first-order chi connectivity index (χ1) is 14.7. The number of fused-ring (bicyclic) bond motifs is 5. The molecule has 0 aliphatic carbocycles. The second-order valence-electron chi connectivity index (χ2n) is 7.32. The van der Waals surface area contributed by atoms with Crippen LogP contribution in [0.2, 0.25) is 5.02 Å². The summed E-state index contributed by atoms with van der Waals surface area (Å²) in [6, 6.07) is 24.7. The van der Waals surface area contributed by atoms with E-state index in [1.807, 2.05) is 42.7 Å². The molecule has 152 valence electrons. The number of rotatable bonds is 2. The van der Waals surface area contributed by atoms with Crippen molar-refractivity contribution < 1.29 is 21.2 Å². The Hall–Kier alpha value is -3.34. The second-order valence-corrected chi connectivity index (χ2v) is 7.73. The lowest BCUT2D eigenvalue weighted by Gasteiger charge is -2.04. The van der Waals surface area contributed by atoms with Crippen molar-refractivity contribution in [3.05, 3.63) is 102 Å². The third-order valence-corrected chi connectivity index (χ3v) is 5.91. The van der Waals surface area contributed by atoms with E-state index in [2.05, 4.69) is 38.3 Å². The van der Waals surface area contributed by atoms with E-state index in [1.54, 1.807) is 12.1 Å². The third kappa shape index (κ3) is 2.99. The molecule has 3 aromatic carbocycles. The summed E-state index contributed by atoms with van der Waals surface area (Å²) in [7, 11) is 0. The standard InChI is InChI=1S/C25H16ClFN3.ClH/c26-21-7-3-1-6-20(21)24-25-23-19(18-5-2-4-8-22(18)28-23)13-14-29(25)15-30(24)17-11-9-16(27)10-12-17;/h1-15,28H;1H/q+1;/p-1. The molecule has 6 aromatic rings. The van der Waals surface area contributed by atoms with Gasteiger partial charge in [-0.1, -0.05) is 41.9 Å². The van der Waals surface area contributed by atoms with Gasteiger partial charge in [0.1, 0.15) is 11.5 Å². The van der Waals surface area contributed by atoms with Gasteiger partial charge in [-0.2, -0.15) is 8.97 Å². The summed E-state index contributed by atoms with van der Waals surface area (Å²) in [5.74, 6) is -0.264. The van der Waals surface area contributed by atoms with Gasteiger partial charge in [0.25, 0.3) is 6.33 Å². The number of aromatic amines is 1. The first kappa shape index (κ1) is 19.6. The van der Waals surface area contributed by atoms with Crippen molar-refractivity contribution in [3.8, 4) is 16.9 Å². The maximum Gasteiger partial charge on any atom is 0.254 e. The van der Waals surface area contributed by atoms with E-state index < -0.39 is 0 Å². The van der Waals surface area contributed by atoms with Gasteiger partial charge in [-0.05, 0) is 48.5 Å². The van der Waals surface area contributed by atoms with Crippen LogP contribution in [0, 0.1) is 5.82 Å². The van der Waals surface area contributed by atoms with Crippen LogP contribution in [0.1, 0.15) is 0 Å². The molecule has 0 radical (unpaired) electrons. The van der Waals surface area contributed by atoms with Crippen molar-refractivity contribution in [2.24, 2.45) is 0 Å². The number of nitrogens with zero attached hydrogens (tertiary/aromatic N) is 2. The van der Waals surface area contributed by atoms with Gasteiger partial charge in [-0.3, -0.25) is 0 Å². The van der Waals surface area contributed by atoms with Crippen LogP contribution in [-0.4, -0.2) is 9.55 Å². The number of benzene rings is 3. The van der Waals surface area contributed by atoms with E-state index in [0.717, 1.165) is 38.9 Å². The normalized spacial score (nSPS) is 11.3. The number of aromatic nitrogens is 3. The fourth-order valence-electron chi connectivity index (χ4n) is 4.22. The highest BCUT2D eigenvalue weighted by Crippen LogP contribution is 2.36. The first-order valence-corrected chi connectivity index (χ1v) is 10.0. The molecule has 0 atom stereocenters. The Bertz CT molecular complexity index is 1570. The SMILES string of the molecule is Fc1ccc(-n2c[n+]3ccc4c5ccccc5[nH]c4c3c2-c2ccccc2Cl)cc1.[Cl-]. The molecule has 0 aliphatic heterocycles. The minimum absolute atomic E-state index is 0. The highest BCUT2D eigenvalue weighted by molar-refractivity contribution is 6.33. The van der Waals surface area contributed by atoms with Gasteiger partial charge < -0.3 is 17.4 Å². The number of halogens is 3. The van der Waals surface area contributed by atoms with Crippen LogP contribution < -0.4 is 16.8 Å². The molecule has 0 fully saturated rings. The lowest BCUT2D eigenvalue weighted by molar-refractivity contribution is -0.510. The molecular formula is C25H16Cl2FN3. The topological polar surface area (TPSA) is 24.8 Å². The number of H-pyrrole nitrogens is 1. The van der Waals surface area contributed by atoms with Crippen LogP contribution in [0.15, 0.2) is 91.4 Å². The predicted octanol–water partition coefficient (Wildman–Crippen LogP) is 3.31. The molecular weight excluding hydrogens is 432 g/mol. The highest BCUT2D eigenvalue weighted by atomic mass is 35.5. The van der Waals surface area contributed by atoms with Crippen molar-refractivity contribution in [2.45, 2.75) is 0 Å². The number of pyridine rings is 1. The summed E-state index contributed by atoms with van der Waals surface area (Å²) < 4.78 is 17.7. The summed E-state index contributed by atoms with van der Waals surface area (Å²) in [6.45, 7) is 0. The number of nitrogens with one attached hydrogen (secondary N) is 1. The van der Waals surface area contributed by atoms with Gasteiger partial charge in [-0.15, -0.1) is 0 Å². The minimum Gasteiger partial charge on any atom is -1.00 e. The Morgan fingerprint density at radius 3 is 2.39 bits per heavy atom. The fourth-order valence-corrected chi connectivity index (χ4v) is 4.45. The molecule has 0 bridgehead atoms. The van der Waals surface area contributed by atoms with Gasteiger partial charge in [0, 0.05) is 21.9 Å². The molecule has 0 saturated heterocycles. The minimum atomic E-state index is -0.264. The Labute approximate surface area is 188 Å². The van der Waals surface area contributed by atoms with Crippen LogP contribution in [-0.2, 0) is 0 Å². The fraction of sp³-hybridized carbons (Fsp3) is 0. The van der Waals surface area contributed by atoms with Gasteiger partial charge in [0.15, 0.2) is 5.69 Å². The lowest BCUT2D eigenvalue weighted by Crippen LogP contribution is -3.00. The van der Waals surface area contributed by atoms with Crippen LogP contribution in [0.4, 0.5) is 4.39 Å². The van der Waals surface area contributed by atoms with Crippen LogP contribution in [0.25, 0.3) is 44.3 Å². The van der Waals surface area contributed by atoms with Crippen molar-refractivity contribution in [2.75, 3.05) is 0 Å². The number of para-hydroxylation sites is 1. The molecule has 0 saturated carbocycles. The maximum absolute atomic E-state index is 13.6. The highest BCUT2D eigenvalue weighted by Gasteiger charge is 2.26. The van der Waals surface area contributed by atoms with Crippen LogP contribution in [0.5, 0.6) is 0 Å². The molecule has 3 heterocycles. The zero-order chi connectivity index (χ0) is 20.2. The van der Waals surface area contributed by atoms with Gasteiger partial charge in [0.2, 0.25) is 5.52 Å². The molecule has 3 aromatic heterocycles. The molecule has 3 nitrogen and oxygen atoms in total. The number of hydrogen-bond acceptors (Lipinski definition) is 0. The Morgan fingerprint density at radius 1 is 0.839 bits per heavy atom. The second kappa shape index (κ2) is 7.41. The van der Waals surface area contributed by atoms with E-state index >= 15 is 0 Å². The average molecular weight is 448 g/mol. The van der Waals surface area contributed by atoms with E-state index in [1.165, 1.54) is 17.5 Å². The smallest absolute Gasteiger partial charge is 0.254 e. The summed E-state index contributed by atoms with van der Waals surface area (Å²) in [6.07, 6.45) is 4.06. The molecule has 0 unspecified atom stereocenters. The average Bonchev–Trinajstić information content (AvgIpc) is 3.33. The monoisotopic (exact) mass is 447 g/mol. The maximum atomic E-state index is 13.6. The number of hydrogen-bond donors (Lipinski definition) is 1. The lowest BCUT2D eigenvalue weighted by atomic mass is 10.1. The molecule has 6 heteroatoms. The third-order valence-electron chi connectivity index (χ3n) is 5.58. The molecule has 0 aliphatic rings. The zero-order valence-corrected chi connectivity index (χ0v) is 17.7. The summed E-state index contributed by atoms with van der Waals surface area (Å²) in [4.78, 5) is 3.59. The van der Waals surface area contributed by atoms with E-state index in [0.29, 0.717) is 5.02 Å². The van der Waals surface area contributed by atoms with Crippen molar-refractivity contribution >= 4 is 38.9 Å². The summed E-state index contributed by atoms with van der Waals surface area (Å²) in [5, 5.41) is 2.99. The van der Waals surface area contributed by atoms with Crippen LogP contribution >= 0.6 is 11.6 Å². The Kier molecular flexibility index (Phi) is 4.69. The number of imidazole rings is 1. The van der Waals surface area contributed by atoms with E-state index in [4.69, 9.17) is 11.6 Å². The molecule has 31 heavy (non-hydrogen) atoms. The Balaban J connectivity index is 0.00000204. The van der Waals surface area contributed by atoms with Crippen molar-refractivity contribution in [3.63, 3.8) is 0 Å². The molecule has 0 spiro atoms. The van der Waals surface area contributed by atoms with Gasteiger partial charge in [0.05, 0.1) is 16.7 Å².